The molecule has 0 fully saturated rings. The van der Waals surface area contributed by atoms with Crippen LogP contribution in [0.15, 0.2) is 84.9 Å². The van der Waals surface area contributed by atoms with Crippen LogP contribution in [-0.4, -0.2) is 6.04 Å². The van der Waals surface area contributed by atoms with Gasteiger partial charge in [-0.05, 0) is 48.2 Å². The third-order valence-corrected chi connectivity index (χ3v) is 4.55. The fourth-order valence-corrected chi connectivity index (χ4v) is 3.46. The third-order valence-electron chi connectivity index (χ3n) is 4.55. The summed E-state index contributed by atoms with van der Waals surface area (Å²) in [6.45, 7) is 4.49. The van der Waals surface area contributed by atoms with Crippen LogP contribution in [0.2, 0.25) is 0 Å². The van der Waals surface area contributed by atoms with Crippen molar-refractivity contribution in [3.05, 3.63) is 84.9 Å². The molecule has 4 aromatic rings. The molecule has 0 aliphatic heterocycles. The quantitative estimate of drug-likeness (QED) is 0.415. The molecule has 0 aliphatic rings. The summed E-state index contributed by atoms with van der Waals surface area (Å²) in [4.78, 5) is 2.43. The number of hydrogen-bond acceptors (Lipinski definition) is 1. The van der Waals surface area contributed by atoms with E-state index >= 15 is 0 Å². The van der Waals surface area contributed by atoms with Crippen molar-refractivity contribution in [1.82, 2.24) is 0 Å². The van der Waals surface area contributed by atoms with Gasteiger partial charge in [0.2, 0.25) is 0 Å². The first-order chi connectivity index (χ1) is 11.7. The van der Waals surface area contributed by atoms with Crippen LogP contribution < -0.4 is 4.90 Å². The Labute approximate surface area is 143 Å². The van der Waals surface area contributed by atoms with Crippen molar-refractivity contribution in [2.45, 2.75) is 19.9 Å². The summed E-state index contributed by atoms with van der Waals surface area (Å²) < 4.78 is 0. The Morgan fingerprint density at radius 3 is 2.08 bits per heavy atom. The number of nitrogens with zero attached hydrogens (tertiary/aromatic N) is 1. The Hall–Kier alpha value is -2.80. The Morgan fingerprint density at radius 2 is 1.29 bits per heavy atom. The molecule has 0 amide bonds. The summed E-state index contributed by atoms with van der Waals surface area (Å²) in [6.07, 6.45) is 0. The van der Waals surface area contributed by atoms with Crippen LogP contribution >= 0.6 is 0 Å². The molecule has 0 heterocycles. The molecule has 0 spiro atoms. The zero-order valence-electron chi connectivity index (χ0n) is 14.1. The van der Waals surface area contributed by atoms with E-state index in [0.29, 0.717) is 6.04 Å². The zero-order valence-corrected chi connectivity index (χ0v) is 14.1. The molecule has 0 radical (unpaired) electrons. The van der Waals surface area contributed by atoms with E-state index in [1.165, 1.54) is 32.9 Å². The standard InChI is InChI=1S/C23H21N/c1-17(2)24(21-15-14-18-8-3-4-10-20(18)16-21)23-13-7-11-19-9-5-6-12-22(19)23/h3-17H,1-2H3. The molecule has 0 bridgehead atoms. The van der Waals surface area contributed by atoms with Crippen LogP contribution in [0, 0.1) is 0 Å². The molecule has 118 valence electrons. The highest BCUT2D eigenvalue weighted by atomic mass is 15.2. The second-order valence-electron chi connectivity index (χ2n) is 6.49. The molecular weight excluding hydrogens is 290 g/mol. The Balaban J connectivity index is 1.92. The lowest BCUT2D eigenvalue weighted by Crippen LogP contribution is -2.25. The third kappa shape index (κ3) is 2.52. The lowest BCUT2D eigenvalue weighted by Gasteiger charge is -2.30. The maximum absolute atomic E-state index is 2.43. The zero-order chi connectivity index (χ0) is 16.5. The molecular formula is C23H21N. The van der Waals surface area contributed by atoms with Gasteiger partial charge in [0, 0.05) is 22.8 Å². The van der Waals surface area contributed by atoms with Gasteiger partial charge in [-0.1, -0.05) is 66.7 Å². The average molecular weight is 311 g/mol. The molecule has 0 aromatic heterocycles. The van der Waals surface area contributed by atoms with Gasteiger partial charge in [0.05, 0.1) is 0 Å². The maximum atomic E-state index is 2.43. The highest BCUT2D eigenvalue weighted by Gasteiger charge is 2.15. The van der Waals surface area contributed by atoms with Gasteiger partial charge in [-0.3, -0.25) is 0 Å². The lowest BCUT2D eigenvalue weighted by molar-refractivity contribution is 0.792. The minimum absolute atomic E-state index is 0.372. The van der Waals surface area contributed by atoms with Gasteiger partial charge in [-0.2, -0.15) is 0 Å². The van der Waals surface area contributed by atoms with Gasteiger partial charge in [0.25, 0.3) is 0 Å². The lowest BCUT2D eigenvalue weighted by atomic mass is 10.0. The summed E-state index contributed by atoms with van der Waals surface area (Å²) in [7, 11) is 0. The molecule has 0 saturated carbocycles. The molecule has 0 unspecified atom stereocenters. The Morgan fingerprint density at radius 1 is 0.625 bits per heavy atom. The van der Waals surface area contributed by atoms with E-state index in [9.17, 15) is 0 Å². The smallest absolute Gasteiger partial charge is 0.0492 e. The van der Waals surface area contributed by atoms with Crippen molar-refractivity contribution in [3.8, 4) is 0 Å². The van der Waals surface area contributed by atoms with Crippen LogP contribution in [0.5, 0.6) is 0 Å². The first-order valence-corrected chi connectivity index (χ1v) is 8.50. The second kappa shape index (κ2) is 6.01. The fourth-order valence-electron chi connectivity index (χ4n) is 3.46. The summed E-state index contributed by atoms with van der Waals surface area (Å²) in [5.74, 6) is 0. The highest BCUT2D eigenvalue weighted by molar-refractivity contribution is 5.97. The summed E-state index contributed by atoms with van der Waals surface area (Å²) in [6, 6.07) is 30.8. The topological polar surface area (TPSA) is 3.24 Å². The fraction of sp³-hybridized carbons (Fsp3) is 0.130. The van der Waals surface area contributed by atoms with Crippen LogP contribution in [0.1, 0.15) is 13.8 Å². The molecule has 4 rings (SSSR count). The van der Waals surface area contributed by atoms with Crippen LogP contribution in [-0.2, 0) is 0 Å². The largest absolute Gasteiger partial charge is 0.338 e. The molecule has 1 heteroatoms. The van der Waals surface area contributed by atoms with Gasteiger partial charge in [-0.25, -0.2) is 0 Å². The van der Waals surface area contributed by atoms with E-state index in [2.05, 4.69) is 104 Å². The molecule has 1 nitrogen and oxygen atoms in total. The van der Waals surface area contributed by atoms with Crippen molar-refractivity contribution >= 4 is 32.9 Å². The summed E-state index contributed by atoms with van der Waals surface area (Å²) in [5, 5.41) is 5.13. The maximum Gasteiger partial charge on any atom is 0.0492 e. The highest BCUT2D eigenvalue weighted by Crippen LogP contribution is 2.35. The van der Waals surface area contributed by atoms with E-state index in [1.807, 2.05) is 0 Å². The van der Waals surface area contributed by atoms with Crippen molar-refractivity contribution in [2.24, 2.45) is 0 Å². The predicted octanol–water partition coefficient (Wildman–Crippen LogP) is 6.54. The van der Waals surface area contributed by atoms with Crippen molar-refractivity contribution in [1.29, 1.82) is 0 Å². The summed E-state index contributed by atoms with van der Waals surface area (Å²) >= 11 is 0. The Kier molecular flexibility index (Phi) is 3.70. The number of rotatable bonds is 3. The van der Waals surface area contributed by atoms with Crippen LogP contribution in [0.25, 0.3) is 21.5 Å². The minimum atomic E-state index is 0.372. The molecule has 0 saturated heterocycles. The molecule has 0 atom stereocenters. The summed E-state index contributed by atoms with van der Waals surface area (Å²) in [5.41, 5.74) is 2.50. The van der Waals surface area contributed by atoms with Crippen molar-refractivity contribution < 1.29 is 0 Å². The van der Waals surface area contributed by atoms with Crippen molar-refractivity contribution in [3.63, 3.8) is 0 Å². The number of hydrogen-bond donors (Lipinski definition) is 0. The van der Waals surface area contributed by atoms with E-state index in [4.69, 9.17) is 0 Å². The van der Waals surface area contributed by atoms with Crippen molar-refractivity contribution in [2.75, 3.05) is 4.90 Å². The van der Waals surface area contributed by atoms with Gasteiger partial charge in [0.1, 0.15) is 0 Å². The number of benzene rings is 4. The molecule has 24 heavy (non-hydrogen) atoms. The van der Waals surface area contributed by atoms with Crippen LogP contribution in [0.3, 0.4) is 0 Å². The first-order valence-electron chi connectivity index (χ1n) is 8.50. The minimum Gasteiger partial charge on any atom is -0.338 e. The first kappa shape index (κ1) is 14.8. The SMILES string of the molecule is CC(C)N(c1ccc2ccccc2c1)c1cccc2ccccc12. The second-order valence-corrected chi connectivity index (χ2v) is 6.49. The predicted molar refractivity (Wildman–Crippen MR) is 105 cm³/mol. The normalized spacial score (nSPS) is 11.3. The molecule has 4 aromatic carbocycles. The number of fused-ring (bicyclic) bond motifs is 2. The van der Waals surface area contributed by atoms with E-state index in [0.717, 1.165) is 0 Å². The molecule has 0 N–H and O–H groups in total. The van der Waals surface area contributed by atoms with Crippen LogP contribution in [0.4, 0.5) is 11.4 Å². The van der Waals surface area contributed by atoms with Gasteiger partial charge in [-0.15, -0.1) is 0 Å². The number of anilines is 2. The van der Waals surface area contributed by atoms with E-state index in [1.54, 1.807) is 0 Å². The van der Waals surface area contributed by atoms with Gasteiger partial charge >= 0.3 is 0 Å². The van der Waals surface area contributed by atoms with Gasteiger partial charge < -0.3 is 4.90 Å². The monoisotopic (exact) mass is 311 g/mol. The van der Waals surface area contributed by atoms with E-state index in [-0.39, 0.29) is 0 Å². The average Bonchev–Trinajstić information content (AvgIpc) is 2.62. The Bertz CT molecular complexity index is 995. The van der Waals surface area contributed by atoms with E-state index < -0.39 is 0 Å². The van der Waals surface area contributed by atoms with Gasteiger partial charge in [0.15, 0.2) is 0 Å². The molecule has 0 aliphatic carbocycles.